The molecule has 1 heterocycles. The Morgan fingerprint density at radius 1 is 1.00 bits per heavy atom. The summed E-state index contributed by atoms with van der Waals surface area (Å²) in [6, 6.07) is 8.92. The van der Waals surface area contributed by atoms with E-state index in [9.17, 15) is 9.59 Å². The van der Waals surface area contributed by atoms with Crippen molar-refractivity contribution in [3.8, 4) is 0 Å². The lowest BCUT2D eigenvalue weighted by molar-refractivity contribution is 0.0944. The summed E-state index contributed by atoms with van der Waals surface area (Å²) in [7, 11) is 0. The summed E-state index contributed by atoms with van der Waals surface area (Å²) in [6.07, 6.45) is 0. The second kappa shape index (κ2) is 7.92. The van der Waals surface area contributed by atoms with E-state index in [-0.39, 0.29) is 23.2 Å². The van der Waals surface area contributed by atoms with Crippen LogP contribution in [-0.4, -0.2) is 23.3 Å². The minimum absolute atomic E-state index is 0.219. The van der Waals surface area contributed by atoms with Gasteiger partial charge in [0.15, 0.2) is 0 Å². The zero-order valence-corrected chi connectivity index (χ0v) is 15.4. The van der Waals surface area contributed by atoms with E-state index in [0.717, 1.165) is 22.4 Å². The number of amides is 2. The molecule has 5 heteroatoms. The summed E-state index contributed by atoms with van der Waals surface area (Å²) in [5.41, 5.74) is 4.39. The van der Waals surface area contributed by atoms with Gasteiger partial charge >= 0.3 is 0 Å². The average Bonchev–Trinajstić information content (AvgIpc) is 2.55. The van der Waals surface area contributed by atoms with Crippen LogP contribution in [0.15, 0.2) is 30.3 Å². The summed E-state index contributed by atoms with van der Waals surface area (Å²) in [4.78, 5) is 28.9. The fourth-order valence-corrected chi connectivity index (χ4v) is 2.63. The molecule has 1 aromatic carbocycles. The van der Waals surface area contributed by atoms with Crippen LogP contribution in [0.5, 0.6) is 0 Å². The van der Waals surface area contributed by atoms with Crippen LogP contribution in [0, 0.1) is 26.7 Å². The number of carbonyl (C=O) groups is 2. The summed E-state index contributed by atoms with van der Waals surface area (Å²) in [5, 5.41) is 5.71. The van der Waals surface area contributed by atoms with Crippen molar-refractivity contribution in [2.75, 3.05) is 11.9 Å². The van der Waals surface area contributed by atoms with Crippen molar-refractivity contribution >= 4 is 17.5 Å². The first kappa shape index (κ1) is 18.6. The monoisotopic (exact) mass is 339 g/mol. The largest absolute Gasteiger partial charge is 0.350 e. The molecule has 0 unspecified atom stereocenters. The molecule has 0 aliphatic carbocycles. The van der Waals surface area contributed by atoms with Crippen LogP contribution in [0.25, 0.3) is 0 Å². The van der Waals surface area contributed by atoms with Gasteiger partial charge in [0, 0.05) is 12.2 Å². The third-order valence-electron chi connectivity index (χ3n) is 3.80. The van der Waals surface area contributed by atoms with Crippen molar-refractivity contribution in [2.24, 2.45) is 5.92 Å². The molecule has 2 amide bonds. The van der Waals surface area contributed by atoms with Crippen LogP contribution in [0.1, 0.15) is 51.5 Å². The van der Waals surface area contributed by atoms with E-state index in [1.54, 1.807) is 18.2 Å². The Hall–Kier alpha value is -2.69. The second-order valence-corrected chi connectivity index (χ2v) is 6.74. The Labute approximate surface area is 148 Å². The molecular formula is C20H25N3O2. The number of pyridine rings is 1. The molecule has 25 heavy (non-hydrogen) atoms. The van der Waals surface area contributed by atoms with Gasteiger partial charge < -0.3 is 10.6 Å². The quantitative estimate of drug-likeness (QED) is 0.873. The average molecular weight is 339 g/mol. The van der Waals surface area contributed by atoms with Gasteiger partial charge in [0.05, 0.1) is 0 Å². The van der Waals surface area contributed by atoms with E-state index in [1.165, 1.54) is 0 Å². The Balaban J connectivity index is 2.18. The van der Waals surface area contributed by atoms with E-state index < -0.39 is 0 Å². The highest BCUT2D eigenvalue weighted by atomic mass is 16.2. The predicted octanol–water partition coefficient (Wildman–Crippen LogP) is 3.64. The number of nitrogens with zero attached hydrogens (tertiary/aromatic N) is 1. The van der Waals surface area contributed by atoms with Crippen molar-refractivity contribution in [3.63, 3.8) is 0 Å². The van der Waals surface area contributed by atoms with Gasteiger partial charge in [-0.2, -0.15) is 0 Å². The van der Waals surface area contributed by atoms with Gasteiger partial charge in [-0.1, -0.05) is 37.6 Å². The number of hydrogen-bond acceptors (Lipinski definition) is 3. The lowest BCUT2D eigenvalue weighted by atomic mass is 10.0. The van der Waals surface area contributed by atoms with Gasteiger partial charge in [-0.05, 0) is 49.9 Å². The molecular weight excluding hydrogens is 314 g/mol. The summed E-state index contributed by atoms with van der Waals surface area (Å²) < 4.78 is 0. The summed E-state index contributed by atoms with van der Waals surface area (Å²) >= 11 is 0. The number of nitrogens with one attached hydrogen (secondary N) is 2. The van der Waals surface area contributed by atoms with Gasteiger partial charge in [0.25, 0.3) is 11.8 Å². The molecule has 0 atom stereocenters. The third kappa shape index (κ3) is 4.89. The minimum Gasteiger partial charge on any atom is -0.350 e. The molecule has 2 rings (SSSR count). The van der Waals surface area contributed by atoms with Crippen LogP contribution in [-0.2, 0) is 0 Å². The van der Waals surface area contributed by atoms with Crippen LogP contribution >= 0.6 is 0 Å². The lowest BCUT2D eigenvalue weighted by Crippen LogP contribution is -2.28. The maximum Gasteiger partial charge on any atom is 0.274 e. The molecule has 0 bridgehead atoms. The Morgan fingerprint density at radius 3 is 2.12 bits per heavy atom. The fraction of sp³-hybridized carbons (Fsp3) is 0.350. The Bertz CT molecular complexity index is 774. The highest BCUT2D eigenvalue weighted by Crippen LogP contribution is 2.22. The first-order valence-electron chi connectivity index (χ1n) is 8.42. The van der Waals surface area contributed by atoms with E-state index in [2.05, 4.69) is 15.6 Å². The molecule has 2 aromatic rings. The van der Waals surface area contributed by atoms with Crippen molar-refractivity contribution in [3.05, 3.63) is 58.4 Å². The van der Waals surface area contributed by atoms with Gasteiger partial charge in [0.2, 0.25) is 0 Å². The highest BCUT2D eigenvalue weighted by molar-refractivity contribution is 6.04. The maximum atomic E-state index is 12.5. The molecule has 1 aromatic heterocycles. The van der Waals surface area contributed by atoms with Crippen molar-refractivity contribution < 1.29 is 9.59 Å². The standard InChI is InChI=1S/C20H25N3O2/c1-12(2)11-21-19(24)16-7-6-8-17(22-16)20(25)23-18-14(4)9-13(3)10-15(18)5/h6-10,12H,11H2,1-5H3,(H,21,24)(H,23,25). The van der Waals surface area contributed by atoms with E-state index in [0.29, 0.717) is 12.5 Å². The third-order valence-corrected chi connectivity index (χ3v) is 3.80. The smallest absolute Gasteiger partial charge is 0.274 e. The van der Waals surface area contributed by atoms with Crippen LogP contribution in [0.3, 0.4) is 0 Å². The van der Waals surface area contributed by atoms with E-state index in [1.807, 2.05) is 46.8 Å². The number of anilines is 1. The molecule has 5 nitrogen and oxygen atoms in total. The first-order chi connectivity index (χ1) is 11.8. The molecule has 0 saturated heterocycles. The van der Waals surface area contributed by atoms with Crippen LogP contribution in [0.2, 0.25) is 0 Å². The fourth-order valence-electron chi connectivity index (χ4n) is 2.63. The number of carbonyl (C=O) groups excluding carboxylic acids is 2. The van der Waals surface area contributed by atoms with Gasteiger partial charge in [-0.25, -0.2) is 4.98 Å². The van der Waals surface area contributed by atoms with E-state index >= 15 is 0 Å². The van der Waals surface area contributed by atoms with Crippen LogP contribution in [0.4, 0.5) is 5.69 Å². The maximum absolute atomic E-state index is 12.5. The molecule has 0 spiro atoms. The molecule has 132 valence electrons. The molecule has 0 aliphatic heterocycles. The summed E-state index contributed by atoms with van der Waals surface area (Å²) in [6.45, 7) is 10.5. The first-order valence-corrected chi connectivity index (χ1v) is 8.42. The predicted molar refractivity (Wildman–Crippen MR) is 100 cm³/mol. The topological polar surface area (TPSA) is 71.1 Å². The Kier molecular flexibility index (Phi) is 5.91. The number of aryl methyl sites for hydroxylation is 3. The van der Waals surface area contributed by atoms with Crippen LogP contribution < -0.4 is 10.6 Å². The zero-order valence-electron chi connectivity index (χ0n) is 15.4. The van der Waals surface area contributed by atoms with Gasteiger partial charge in [0.1, 0.15) is 11.4 Å². The zero-order chi connectivity index (χ0) is 18.6. The number of aromatic nitrogens is 1. The van der Waals surface area contributed by atoms with Crippen molar-refractivity contribution in [1.82, 2.24) is 10.3 Å². The SMILES string of the molecule is Cc1cc(C)c(NC(=O)c2cccc(C(=O)NCC(C)C)n2)c(C)c1. The molecule has 0 fully saturated rings. The van der Waals surface area contributed by atoms with E-state index in [4.69, 9.17) is 0 Å². The number of hydrogen-bond donors (Lipinski definition) is 2. The number of rotatable bonds is 5. The second-order valence-electron chi connectivity index (χ2n) is 6.74. The molecule has 0 aliphatic rings. The lowest BCUT2D eigenvalue weighted by Gasteiger charge is -2.13. The summed E-state index contributed by atoms with van der Waals surface area (Å²) in [5.74, 6) is -0.248. The number of benzene rings is 1. The molecule has 0 saturated carbocycles. The van der Waals surface area contributed by atoms with Crippen molar-refractivity contribution in [1.29, 1.82) is 0 Å². The normalized spacial score (nSPS) is 10.6. The highest BCUT2D eigenvalue weighted by Gasteiger charge is 2.14. The van der Waals surface area contributed by atoms with Crippen molar-refractivity contribution in [2.45, 2.75) is 34.6 Å². The minimum atomic E-state index is -0.325. The molecule has 0 radical (unpaired) electrons. The van der Waals surface area contributed by atoms with Gasteiger partial charge in [-0.15, -0.1) is 0 Å². The Morgan fingerprint density at radius 2 is 1.56 bits per heavy atom. The molecule has 2 N–H and O–H groups in total. The van der Waals surface area contributed by atoms with Gasteiger partial charge in [-0.3, -0.25) is 9.59 Å².